The molecule has 1 atom stereocenters. The summed E-state index contributed by atoms with van der Waals surface area (Å²) in [4.78, 5) is 11.2. The largest absolute Gasteiger partial charge is 0.425 e. The van der Waals surface area contributed by atoms with Crippen molar-refractivity contribution in [1.29, 1.82) is 0 Å². The number of esters is 1. The highest BCUT2D eigenvalue weighted by molar-refractivity contribution is 5.79. The molecule has 1 aliphatic rings. The molecule has 4 nitrogen and oxygen atoms in total. The van der Waals surface area contributed by atoms with Gasteiger partial charge in [0, 0.05) is 14.2 Å². The zero-order valence-electron chi connectivity index (χ0n) is 8.29. The van der Waals surface area contributed by atoms with Gasteiger partial charge in [-0.15, -0.1) is 0 Å². The first kappa shape index (κ1) is 10.2. The summed E-state index contributed by atoms with van der Waals surface area (Å²) >= 11 is 0. The standard InChI is InChI=1S/C9H14O4/c1-5-6(2)8(10)13-7(5)9(11-3)12-4/h6,9H,1-4H3. The van der Waals surface area contributed by atoms with Gasteiger partial charge in [0.25, 0.3) is 0 Å². The Morgan fingerprint density at radius 1 is 1.38 bits per heavy atom. The molecule has 0 amide bonds. The van der Waals surface area contributed by atoms with Gasteiger partial charge in [-0.25, -0.2) is 0 Å². The molecule has 0 spiro atoms. The van der Waals surface area contributed by atoms with Crippen LogP contribution in [0.25, 0.3) is 0 Å². The summed E-state index contributed by atoms with van der Waals surface area (Å²) in [7, 11) is 3.01. The molecule has 0 aromatic heterocycles. The lowest BCUT2D eigenvalue weighted by molar-refractivity contribution is -0.148. The van der Waals surface area contributed by atoms with Crippen molar-refractivity contribution in [2.45, 2.75) is 20.1 Å². The number of carbonyl (C=O) groups excluding carboxylic acids is 1. The fourth-order valence-corrected chi connectivity index (χ4v) is 1.21. The van der Waals surface area contributed by atoms with Crippen LogP contribution in [-0.4, -0.2) is 26.5 Å². The summed E-state index contributed by atoms with van der Waals surface area (Å²) in [6.07, 6.45) is -0.575. The molecule has 0 fully saturated rings. The number of hydrogen-bond donors (Lipinski definition) is 0. The Morgan fingerprint density at radius 2 is 1.92 bits per heavy atom. The van der Waals surface area contributed by atoms with Crippen LogP contribution in [0.4, 0.5) is 0 Å². The van der Waals surface area contributed by atoms with Gasteiger partial charge in [0.1, 0.15) is 0 Å². The highest BCUT2D eigenvalue weighted by Crippen LogP contribution is 2.29. The van der Waals surface area contributed by atoms with Crippen molar-refractivity contribution < 1.29 is 19.0 Å². The van der Waals surface area contributed by atoms with E-state index in [2.05, 4.69) is 0 Å². The third kappa shape index (κ3) is 1.73. The summed E-state index contributed by atoms with van der Waals surface area (Å²) in [5.41, 5.74) is 0.874. The molecule has 0 bridgehead atoms. The first-order chi connectivity index (χ1) is 6.11. The molecule has 1 aliphatic heterocycles. The predicted octanol–water partition coefficient (Wildman–Crippen LogP) is 1.07. The van der Waals surface area contributed by atoms with E-state index in [0.717, 1.165) is 5.57 Å². The smallest absolute Gasteiger partial charge is 0.318 e. The van der Waals surface area contributed by atoms with Crippen molar-refractivity contribution in [1.82, 2.24) is 0 Å². The summed E-state index contributed by atoms with van der Waals surface area (Å²) in [6.45, 7) is 3.64. The first-order valence-corrected chi connectivity index (χ1v) is 4.09. The minimum atomic E-state index is -0.575. The number of carbonyl (C=O) groups is 1. The van der Waals surface area contributed by atoms with E-state index in [1.807, 2.05) is 6.92 Å². The van der Waals surface area contributed by atoms with E-state index in [-0.39, 0.29) is 11.9 Å². The second-order valence-corrected chi connectivity index (χ2v) is 2.99. The maximum atomic E-state index is 11.2. The lowest BCUT2D eigenvalue weighted by Gasteiger charge is -2.13. The van der Waals surface area contributed by atoms with Gasteiger partial charge in [-0.1, -0.05) is 0 Å². The molecule has 13 heavy (non-hydrogen) atoms. The molecule has 0 aromatic rings. The fraction of sp³-hybridized carbons (Fsp3) is 0.667. The highest BCUT2D eigenvalue weighted by Gasteiger charge is 2.33. The van der Waals surface area contributed by atoms with Crippen LogP contribution in [0.15, 0.2) is 11.3 Å². The molecular weight excluding hydrogens is 172 g/mol. The SMILES string of the molecule is COC(OC)C1=C(C)C(C)C(=O)O1. The van der Waals surface area contributed by atoms with Crippen LogP contribution in [0.5, 0.6) is 0 Å². The quantitative estimate of drug-likeness (QED) is 0.488. The maximum Gasteiger partial charge on any atom is 0.318 e. The number of cyclic esters (lactones) is 1. The minimum Gasteiger partial charge on any atom is -0.425 e. The van der Waals surface area contributed by atoms with Gasteiger partial charge in [0.05, 0.1) is 5.92 Å². The second kappa shape index (κ2) is 3.89. The number of ether oxygens (including phenoxy) is 3. The summed E-state index contributed by atoms with van der Waals surface area (Å²) < 4.78 is 15.0. The van der Waals surface area contributed by atoms with Crippen molar-refractivity contribution in [2.75, 3.05) is 14.2 Å². The topological polar surface area (TPSA) is 44.8 Å². The first-order valence-electron chi connectivity index (χ1n) is 4.09. The van der Waals surface area contributed by atoms with E-state index in [4.69, 9.17) is 14.2 Å². The van der Waals surface area contributed by atoms with E-state index in [1.54, 1.807) is 6.92 Å². The van der Waals surface area contributed by atoms with Crippen molar-refractivity contribution >= 4 is 5.97 Å². The summed E-state index contributed by atoms with van der Waals surface area (Å²) in [6, 6.07) is 0. The Balaban J connectivity index is 2.85. The van der Waals surface area contributed by atoms with Crippen LogP contribution in [0, 0.1) is 5.92 Å². The molecule has 74 valence electrons. The molecule has 1 rings (SSSR count). The molecule has 0 saturated heterocycles. The van der Waals surface area contributed by atoms with E-state index < -0.39 is 6.29 Å². The molecule has 0 N–H and O–H groups in total. The number of hydrogen-bond acceptors (Lipinski definition) is 4. The minimum absolute atomic E-state index is 0.192. The summed E-state index contributed by atoms with van der Waals surface area (Å²) in [5.74, 6) is 0.0527. The second-order valence-electron chi connectivity index (χ2n) is 2.99. The monoisotopic (exact) mass is 186 g/mol. The van der Waals surface area contributed by atoms with Crippen molar-refractivity contribution in [3.8, 4) is 0 Å². The van der Waals surface area contributed by atoms with Crippen LogP contribution in [-0.2, 0) is 19.0 Å². The van der Waals surface area contributed by atoms with Crippen molar-refractivity contribution in [2.24, 2.45) is 5.92 Å². The van der Waals surface area contributed by atoms with Gasteiger partial charge < -0.3 is 14.2 Å². The van der Waals surface area contributed by atoms with Crippen LogP contribution in [0.1, 0.15) is 13.8 Å². The fourth-order valence-electron chi connectivity index (χ4n) is 1.21. The van der Waals surface area contributed by atoms with E-state index >= 15 is 0 Å². The van der Waals surface area contributed by atoms with Gasteiger partial charge >= 0.3 is 5.97 Å². The van der Waals surface area contributed by atoms with E-state index in [0.29, 0.717) is 5.76 Å². The molecule has 1 unspecified atom stereocenters. The van der Waals surface area contributed by atoms with Crippen molar-refractivity contribution in [3.63, 3.8) is 0 Å². The van der Waals surface area contributed by atoms with Gasteiger partial charge in [-0.05, 0) is 19.4 Å². The molecule has 0 aromatic carbocycles. The number of rotatable bonds is 3. The van der Waals surface area contributed by atoms with Crippen LogP contribution in [0.3, 0.4) is 0 Å². The predicted molar refractivity (Wildman–Crippen MR) is 45.8 cm³/mol. The zero-order chi connectivity index (χ0) is 10.0. The molecule has 0 radical (unpaired) electrons. The molecule has 0 aliphatic carbocycles. The molecular formula is C9H14O4. The average Bonchev–Trinajstić information content (AvgIpc) is 2.36. The third-order valence-electron chi connectivity index (χ3n) is 2.24. The van der Waals surface area contributed by atoms with Gasteiger partial charge in [0.15, 0.2) is 5.76 Å². The normalized spacial score (nSPS) is 22.8. The van der Waals surface area contributed by atoms with E-state index in [1.165, 1.54) is 14.2 Å². The Bertz CT molecular complexity index is 240. The highest BCUT2D eigenvalue weighted by atomic mass is 16.7. The molecule has 1 heterocycles. The molecule has 4 heteroatoms. The lowest BCUT2D eigenvalue weighted by atomic mass is 10.0. The summed E-state index contributed by atoms with van der Waals surface area (Å²) in [5, 5.41) is 0. The Morgan fingerprint density at radius 3 is 2.23 bits per heavy atom. The van der Waals surface area contributed by atoms with Crippen molar-refractivity contribution in [3.05, 3.63) is 11.3 Å². The third-order valence-corrected chi connectivity index (χ3v) is 2.24. The van der Waals surface area contributed by atoms with E-state index in [9.17, 15) is 4.79 Å². The Labute approximate surface area is 77.5 Å². The van der Waals surface area contributed by atoms with Gasteiger partial charge in [0.2, 0.25) is 6.29 Å². The van der Waals surface area contributed by atoms with Crippen LogP contribution >= 0.6 is 0 Å². The number of methoxy groups -OCH3 is 2. The zero-order valence-corrected chi connectivity index (χ0v) is 8.29. The average molecular weight is 186 g/mol. The lowest BCUT2D eigenvalue weighted by Crippen LogP contribution is -2.17. The Kier molecular flexibility index (Phi) is 3.06. The maximum absolute atomic E-state index is 11.2. The van der Waals surface area contributed by atoms with Gasteiger partial charge in [-0.3, -0.25) is 4.79 Å². The van der Waals surface area contributed by atoms with Crippen LogP contribution in [0.2, 0.25) is 0 Å². The van der Waals surface area contributed by atoms with Crippen LogP contribution < -0.4 is 0 Å². The Hall–Kier alpha value is -0.870. The van der Waals surface area contributed by atoms with Gasteiger partial charge in [-0.2, -0.15) is 0 Å². The molecule has 0 saturated carbocycles.